The van der Waals surface area contributed by atoms with Crippen molar-refractivity contribution in [3.05, 3.63) is 12.3 Å². The fraction of sp³-hybridized carbons (Fsp3) is 0.250. The summed E-state index contributed by atoms with van der Waals surface area (Å²) in [6, 6.07) is 1.38. The highest BCUT2D eigenvalue weighted by atomic mass is 35.5. The molecule has 1 N–H and O–H groups in total. The van der Waals surface area contributed by atoms with E-state index in [2.05, 4.69) is 14.4 Å². The quantitative estimate of drug-likeness (QED) is 0.558. The van der Waals surface area contributed by atoms with Crippen LogP contribution in [-0.2, 0) is 10.1 Å². The standard InChI is InChI=1S/C4H5ClN2O3S/c5-3-11(8,9)10-4-1-2-6-7-4/h1-2H,3H2,(H,6,7). The van der Waals surface area contributed by atoms with Crippen LogP contribution in [0, 0.1) is 0 Å². The number of nitrogens with zero attached hydrogens (tertiary/aromatic N) is 1. The first kappa shape index (κ1) is 8.35. The zero-order chi connectivity index (χ0) is 8.32. The van der Waals surface area contributed by atoms with E-state index in [1.807, 2.05) is 0 Å². The van der Waals surface area contributed by atoms with Gasteiger partial charge in [0.2, 0.25) is 5.88 Å². The van der Waals surface area contributed by atoms with Gasteiger partial charge in [-0.3, -0.25) is 0 Å². The van der Waals surface area contributed by atoms with Crippen LogP contribution in [0.3, 0.4) is 0 Å². The van der Waals surface area contributed by atoms with Crippen molar-refractivity contribution in [2.45, 2.75) is 0 Å². The first-order valence-corrected chi connectivity index (χ1v) is 4.73. The molecule has 0 amide bonds. The van der Waals surface area contributed by atoms with Gasteiger partial charge in [-0.1, -0.05) is 0 Å². The smallest absolute Gasteiger partial charge is 0.324 e. The molecule has 0 aliphatic rings. The Kier molecular flexibility index (Phi) is 2.35. The summed E-state index contributed by atoms with van der Waals surface area (Å²) >= 11 is 5.06. The normalized spacial score (nSPS) is 11.4. The average molecular weight is 197 g/mol. The summed E-state index contributed by atoms with van der Waals surface area (Å²) in [5.41, 5.74) is 0. The van der Waals surface area contributed by atoms with Gasteiger partial charge in [-0.05, 0) is 0 Å². The van der Waals surface area contributed by atoms with E-state index in [0.717, 1.165) is 0 Å². The van der Waals surface area contributed by atoms with Crippen LogP contribution in [0.1, 0.15) is 0 Å². The van der Waals surface area contributed by atoms with E-state index in [9.17, 15) is 8.42 Å². The van der Waals surface area contributed by atoms with Crippen molar-refractivity contribution in [3.8, 4) is 5.88 Å². The molecule has 11 heavy (non-hydrogen) atoms. The average Bonchev–Trinajstić information content (AvgIpc) is 2.39. The van der Waals surface area contributed by atoms with E-state index in [-0.39, 0.29) is 5.88 Å². The van der Waals surface area contributed by atoms with Crippen LogP contribution in [0.15, 0.2) is 12.3 Å². The molecule has 0 spiro atoms. The van der Waals surface area contributed by atoms with Crippen molar-refractivity contribution >= 4 is 21.7 Å². The molecular weight excluding hydrogens is 192 g/mol. The second kappa shape index (κ2) is 3.10. The van der Waals surface area contributed by atoms with Crippen LogP contribution in [0.25, 0.3) is 0 Å². The van der Waals surface area contributed by atoms with E-state index in [1.165, 1.54) is 12.3 Å². The molecule has 0 aliphatic carbocycles. The minimum atomic E-state index is -3.65. The number of H-pyrrole nitrogens is 1. The Morgan fingerprint density at radius 3 is 2.91 bits per heavy atom. The van der Waals surface area contributed by atoms with Gasteiger partial charge in [-0.25, -0.2) is 5.10 Å². The number of alkyl halides is 1. The van der Waals surface area contributed by atoms with E-state index >= 15 is 0 Å². The number of hydrogen-bond acceptors (Lipinski definition) is 4. The Balaban J connectivity index is 2.72. The van der Waals surface area contributed by atoms with Crippen LogP contribution in [0.2, 0.25) is 0 Å². The first-order chi connectivity index (χ1) is 5.14. The van der Waals surface area contributed by atoms with Crippen molar-refractivity contribution in [2.75, 3.05) is 5.21 Å². The van der Waals surface area contributed by atoms with E-state index in [1.54, 1.807) is 0 Å². The molecule has 0 fully saturated rings. The fourth-order valence-electron chi connectivity index (χ4n) is 0.449. The lowest BCUT2D eigenvalue weighted by Crippen LogP contribution is -2.10. The van der Waals surface area contributed by atoms with E-state index in [0.29, 0.717) is 0 Å². The maximum atomic E-state index is 10.7. The monoisotopic (exact) mass is 196 g/mol. The van der Waals surface area contributed by atoms with E-state index in [4.69, 9.17) is 11.6 Å². The molecule has 0 aliphatic heterocycles. The molecule has 1 aromatic heterocycles. The zero-order valence-electron chi connectivity index (χ0n) is 5.32. The summed E-state index contributed by atoms with van der Waals surface area (Å²) in [5.74, 6) is 0.0608. The molecule has 1 aromatic rings. The highest BCUT2D eigenvalue weighted by Gasteiger charge is 2.10. The highest BCUT2D eigenvalue weighted by molar-refractivity contribution is 7.88. The third kappa shape index (κ3) is 2.39. The van der Waals surface area contributed by atoms with Crippen molar-refractivity contribution in [3.63, 3.8) is 0 Å². The Morgan fingerprint density at radius 1 is 1.73 bits per heavy atom. The minimum absolute atomic E-state index is 0.0608. The number of hydrogen-bond donors (Lipinski definition) is 1. The van der Waals surface area contributed by atoms with Gasteiger partial charge >= 0.3 is 10.1 Å². The summed E-state index contributed by atoms with van der Waals surface area (Å²) in [4.78, 5) is 0. The molecule has 5 nitrogen and oxygen atoms in total. The Bertz CT molecular complexity index is 306. The fourth-order valence-corrected chi connectivity index (χ4v) is 0.993. The number of nitrogens with one attached hydrogen (secondary N) is 1. The summed E-state index contributed by atoms with van der Waals surface area (Å²) in [5, 5.41) is 5.22. The van der Waals surface area contributed by atoms with Crippen molar-refractivity contribution in [1.29, 1.82) is 0 Å². The van der Waals surface area contributed by atoms with Gasteiger partial charge in [-0.2, -0.15) is 13.5 Å². The predicted octanol–water partition coefficient (Wildman–Crippen LogP) is 0.315. The Hall–Kier alpha value is -0.750. The Morgan fingerprint density at radius 2 is 2.45 bits per heavy atom. The van der Waals surface area contributed by atoms with Crippen molar-refractivity contribution in [1.82, 2.24) is 10.2 Å². The van der Waals surface area contributed by atoms with Gasteiger partial charge in [0.05, 0.1) is 6.20 Å². The minimum Gasteiger partial charge on any atom is -0.361 e. The molecule has 0 unspecified atom stereocenters. The molecular formula is C4H5ClN2O3S. The van der Waals surface area contributed by atoms with Crippen LogP contribution >= 0.6 is 11.6 Å². The second-order valence-corrected chi connectivity index (χ2v) is 3.83. The summed E-state index contributed by atoms with van der Waals surface area (Å²) in [6.07, 6.45) is 1.37. The molecule has 0 saturated carbocycles. The van der Waals surface area contributed by atoms with Crippen LogP contribution < -0.4 is 4.18 Å². The van der Waals surface area contributed by atoms with Gasteiger partial charge in [0, 0.05) is 6.07 Å². The third-order valence-corrected chi connectivity index (χ3v) is 2.33. The molecule has 1 heterocycles. The second-order valence-electron chi connectivity index (χ2n) is 1.67. The lowest BCUT2D eigenvalue weighted by atomic mass is 10.7. The van der Waals surface area contributed by atoms with Gasteiger partial charge in [0.15, 0.2) is 5.21 Å². The number of aromatic nitrogens is 2. The molecule has 0 aromatic carbocycles. The summed E-state index contributed by atoms with van der Waals surface area (Å²) in [6.45, 7) is 0. The lowest BCUT2D eigenvalue weighted by molar-refractivity contribution is 0.480. The van der Waals surface area contributed by atoms with Gasteiger partial charge in [0.25, 0.3) is 0 Å². The topological polar surface area (TPSA) is 72.1 Å². The summed E-state index contributed by atoms with van der Waals surface area (Å²) < 4.78 is 25.7. The SMILES string of the molecule is O=S(=O)(CCl)Oc1ccn[nH]1. The largest absolute Gasteiger partial charge is 0.361 e. The lowest BCUT2D eigenvalue weighted by Gasteiger charge is -1.98. The maximum Gasteiger partial charge on any atom is 0.324 e. The number of rotatable bonds is 3. The summed E-state index contributed by atoms with van der Waals surface area (Å²) in [7, 11) is -3.65. The van der Waals surface area contributed by atoms with E-state index < -0.39 is 15.3 Å². The molecule has 0 radical (unpaired) electrons. The van der Waals surface area contributed by atoms with Crippen molar-refractivity contribution in [2.24, 2.45) is 0 Å². The molecule has 0 saturated heterocycles. The third-order valence-electron chi connectivity index (χ3n) is 0.826. The molecule has 0 bridgehead atoms. The number of aromatic amines is 1. The maximum absolute atomic E-state index is 10.7. The van der Waals surface area contributed by atoms with Crippen LogP contribution in [0.4, 0.5) is 0 Å². The molecule has 62 valence electrons. The van der Waals surface area contributed by atoms with Crippen LogP contribution in [0.5, 0.6) is 5.88 Å². The van der Waals surface area contributed by atoms with Crippen LogP contribution in [-0.4, -0.2) is 23.8 Å². The number of halogens is 1. The highest BCUT2D eigenvalue weighted by Crippen LogP contribution is 2.07. The van der Waals surface area contributed by atoms with Crippen molar-refractivity contribution < 1.29 is 12.6 Å². The van der Waals surface area contributed by atoms with Gasteiger partial charge in [-0.15, -0.1) is 11.6 Å². The van der Waals surface area contributed by atoms with Gasteiger partial charge in [0.1, 0.15) is 0 Å². The molecule has 1 rings (SSSR count). The van der Waals surface area contributed by atoms with Gasteiger partial charge < -0.3 is 4.18 Å². The Labute approximate surface area is 68.4 Å². The molecule has 0 atom stereocenters. The zero-order valence-corrected chi connectivity index (χ0v) is 6.89. The first-order valence-electron chi connectivity index (χ1n) is 2.61. The predicted molar refractivity (Wildman–Crippen MR) is 38.9 cm³/mol. The molecule has 7 heteroatoms.